The molecule has 6 heteroatoms. The van der Waals surface area contributed by atoms with Crippen LogP contribution in [0.15, 0.2) is 71.5 Å². The number of anilines is 1. The highest BCUT2D eigenvalue weighted by molar-refractivity contribution is 5.94. The quantitative estimate of drug-likeness (QED) is 0.500. The second-order valence-corrected chi connectivity index (χ2v) is 7.94. The van der Waals surface area contributed by atoms with Crippen LogP contribution in [-0.2, 0) is 4.79 Å². The number of carbonyl (C=O) groups is 1. The van der Waals surface area contributed by atoms with E-state index in [1.54, 1.807) is 48.7 Å². The van der Waals surface area contributed by atoms with Gasteiger partial charge in [-0.2, -0.15) is 0 Å². The van der Waals surface area contributed by atoms with Gasteiger partial charge in [-0.05, 0) is 87.4 Å². The molecule has 0 aliphatic rings. The van der Waals surface area contributed by atoms with E-state index < -0.39 is 6.10 Å². The highest BCUT2D eigenvalue weighted by Gasteiger charge is 2.16. The van der Waals surface area contributed by atoms with E-state index in [0.717, 1.165) is 11.1 Å². The lowest BCUT2D eigenvalue weighted by Gasteiger charge is -2.16. The van der Waals surface area contributed by atoms with Gasteiger partial charge in [0.15, 0.2) is 6.10 Å². The van der Waals surface area contributed by atoms with Crippen molar-refractivity contribution in [2.75, 3.05) is 5.32 Å². The molecule has 1 amide bonds. The van der Waals surface area contributed by atoms with Crippen molar-refractivity contribution in [2.24, 2.45) is 0 Å². The van der Waals surface area contributed by atoms with Gasteiger partial charge in [-0.1, -0.05) is 18.2 Å². The number of rotatable bonds is 5. The van der Waals surface area contributed by atoms with E-state index in [1.165, 1.54) is 0 Å². The SMILES string of the molecule is Cc1cc(C)cc(OC(C)C(=O)Nc2ccc(-n3c(C)nc4ccccc4c3=O)cc2)c1. The Kier molecular flexibility index (Phi) is 5.77. The summed E-state index contributed by atoms with van der Waals surface area (Å²) in [5.41, 5.74) is 4.01. The molecule has 4 rings (SSSR count). The van der Waals surface area contributed by atoms with Crippen molar-refractivity contribution in [3.63, 3.8) is 0 Å². The zero-order chi connectivity index (χ0) is 22.8. The normalized spacial score (nSPS) is 11.9. The van der Waals surface area contributed by atoms with Gasteiger partial charge in [0.2, 0.25) is 0 Å². The number of benzene rings is 3. The highest BCUT2D eigenvalue weighted by atomic mass is 16.5. The Bertz CT molecular complexity index is 1340. The van der Waals surface area contributed by atoms with Crippen molar-refractivity contribution >= 4 is 22.5 Å². The molecule has 3 aromatic carbocycles. The van der Waals surface area contributed by atoms with Gasteiger partial charge in [-0.15, -0.1) is 0 Å². The van der Waals surface area contributed by atoms with Crippen LogP contribution < -0.4 is 15.6 Å². The van der Waals surface area contributed by atoms with Crippen LogP contribution in [0.25, 0.3) is 16.6 Å². The number of hydrogen-bond donors (Lipinski definition) is 1. The van der Waals surface area contributed by atoms with Crippen LogP contribution in [0.3, 0.4) is 0 Å². The molecule has 0 saturated carbocycles. The summed E-state index contributed by atoms with van der Waals surface area (Å²) in [6, 6.07) is 20.2. The average Bonchev–Trinajstić information content (AvgIpc) is 2.74. The molecule has 162 valence electrons. The molecule has 32 heavy (non-hydrogen) atoms. The van der Waals surface area contributed by atoms with E-state index >= 15 is 0 Å². The van der Waals surface area contributed by atoms with Crippen molar-refractivity contribution in [1.29, 1.82) is 0 Å². The third kappa shape index (κ3) is 4.39. The lowest BCUT2D eigenvalue weighted by Crippen LogP contribution is -2.30. The first-order valence-corrected chi connectivity index (χ1v) is 10.5. The molecule has 1 unspecified atom stereocenters. The lowest BCUT2D eigenvalue weighted by atomic mass is 10.1. The topological polar surface area (TPSA) is 73.2 Å². The molecule has 1 atom stereocenters. The molecule has 0 radical (unpaired) electrons. The second-order valence-electron chi connectivity index (χ2n) is 7.94. The minimum Gasteiger partial charge on any atom is -0.481 e. The minimum absolute atomic E-state index is 0.125. The lowest BCUT2D eigenvalue weighted by molar-refractivity contribution is -0.122. The van der Waals surface area contributed by atoms with Gasteiger partial charge in [-0.3, -0.25) is 14.2 Å². The molecule has 1 heterocycles. The number of aromatic nitrogens is 2. The smallest absolute Gasteiger partial charge is 0.265 e. The number of hydrogen-bond acceptors (Lipinski definition) is 4. The van der Waals surface area contributed by atoms with Gasteiger partial charge in [0.05, 0.1) is 16.6 Å². The summed E-state index contributed by atoms with van der Waals surface area (Å²) in [5, 5.41) is 3.42. The Hall–Kier alpha value is -3.93. The van der Waals surface area contributed by atoms with Crippen LogP contribution in [0, 0.1) is 20.8 Å². The van der Waals surface area contributed by atoms with E-state index in [4.69, 9.17) is 4.74 Å². The van der Waals surface area contributed by atoms with Gasteiger partial charge < -0.3 is 10.1 Å². The molecule has 0 fully saturated rings. The Morgan fingerprint density at radius 1 is 0.969 bits per heavy atom. The van der Waals surface area contributed by atoms with E-state index in [2.05, 4.69) is 16.4 Å². The van der Waals surface area contributed by atoms with Crippen LogP contribution in [-0.4, -0.2) is 21.6 Å². The predicted molar refractivity (Wildman–Crippen MR) is 127 cm³/mol. The summed E-state index contributed by atoms with van der Waals surface area (Å²) >= 11 is 0. The fourth-order valence-corrected chi connectivity index (χ4v) is 3.74. The fourth-order valence-electron chi connectivity index (χ4n) is 3.74. The first-order valence-electron chi connectivity index (χ1n) is 10.5. The van der Waals surface area contributed by atoms with E-state index in [1.807, 2.05) is 44.2 Å². The van der Waals surface area contributed by atoms with Crippen molar-refractivity contribution in [3.8, 4) is 11.4 Å². The van der Waals surface area contributed by atoms with Gasteiger partial charge in [0.25, 0.3) is 11.5 Å². The zero-order valence-corrected chi connectivity index (χ0v) is 18.5. The Morgan fingerprint density at radius 2 is 1.62 bits per heavy atom. The summed E-state index contributed by atoms with van der Waals surface area (Å²) in [6.45, 7) is 7.50. The molecular weight excluding hydrogens is 402 g/mol. The van der Waals surface area contributed by atoms with Crippen LogP contribution in [0.5, 0.6) is 5.75 Å². The van der Waals surface area contributed by atoms with Gasteiger partial charge in [0.1, 0.15) is 11.6 Å². The third-order valence-corrected chi connectivity index (χ3v) is 5.21. The van der Waals surface area contributed by atoms with Gasteiger partial charge in [0, 0.05) is 5.69 Å². The monoisotopic (exact) mass is 427 g/mol. The Balaban J connectivity index is 1.51. The number of nitrogens with zero attached hydrogens (tertiary/aromatic N) is 2. The van der Waals surface area contributed by atoms with Crippen LogP contribution in [0.2, 0.25) is 0 Å². The number of ether oxygens (including phenoxy) is 1. The number of fused-ring (bicyclic) bond motifs is 1. The van der Waals surface area contributed by atoms with Crippen LogP contribution in [0.1, 0.15) is 23.9 Å². The van der Waals surface area contributed by atoms with Gasteiger partial charge in [-0.25, -0.2) is 4.98 Å². The Morgan fingerprint density at radius 3 is 2.31 bits per heavy atom. The van der Waals surface area contributed by atoms with Crippen molar-refractivity contribution in [1.82, 2.24) is 9.55 Å². The maximum absolute atomic E-state index is 13.0. The summed E-state index contributed by atoms with van der Waals surface area (Å²) < 4.78 is 7.38. The van der Waals surface area contributed by atoms with E-state index in [-0.39, 0.29) is 11.5 Å². The molecule has 6 nitrogen and oxygen atoms in total. The van der Waals surface area contributed by atoms with E-state index in [0.29, 0.717) is 33.9 Å². The molecule has 1 aromatic heterocycles. The third-order valence-electron chi connectivity index (χ3n) is 5.21. The molecule has 0 aliphatic carbocycles. The first kappa shape index (κ1) is 21.3. The number of aryl methyl sites for hydroxylation is 3. The second kappa shape index (κ2) is 8.67. The predicted octanol–water partition coefficient (Wildman–Crippen LogP) is 4.72. The molecule has 0 spiro atoms. The number of para-hydroxylation sites is 1. The fraction of sp³-hybridized carbons (Fsp3) is 0.192. The van der Waals surface area contributed by atoms with Crippen molar-refractivity contribution in [3.05, 3.63) is 94.0 Å². The molecule has 4 aromatic rings. The largest absolute Gasteiger partial charge is 0.481 e. The standard InChI is InChI=1S/C26H25N3O3/c1-16-13-17(2)15-22(14-16)32-18(3)25(30)28-20-9-11-21(12-10-20)29-19(4)27-24-8-6-5-7-23(24)26(29)31/h5-15,18H,1-4H3,(H,28,30). The highest BCUT2D eigenvalue weighted by Crippen LogP contribution is 2.19. The zero-order valence-electron chi connectivity index (χ0n) is 18.5. The van der Waals surface area contributed by atoms with Crippen LogP contribution >= 0.6 is 0 Å². The molecule has 1 N–H and O–H groups in total. The van der Waals surface area contributed by atoms with Crippen molar-refractivity contribution < 1.29 is 9.53 Å². The van der Waals surface area contributed by atoms with Crippen LogP contribution in [0.4, 0.5) is 5.69 Å². The summed E-state index contributed by atoms with van der Waals surface area (Å²) in [6.07, 6.45) is -0.662. The first-order chi connectivity index (χ1) is 15.3. The maximum atomic E-state index is 13.0. The molecule has 0 aliphatic heterocycles. The Labute approximate surface area is 186 Å². The molecular formula is C26H25N3O3. The summed E-state index contributed by atoms with van der Waals surface area (Å²) in [7, 11) is 0. The van der Waals surface area contributed by atoms with Crippen molar-refractivity contribution in [2.45, 2.75) is 33.8 Å². The number of amides is 1. The molecule has 0 saturated heterocycles. The molecule has 0 bridgehead atoms. The summed E-state index contributed by atoms with van der Waals surface area (Å²) in [5.74, 6) is 1.01. The van der Waals surface area contributed by atoms with Gasteiger partial charge >= 0.3 is 0 Å². The number of nitrogens with one attached hydrogen (secondary N) is 1. The maximum Gasteiger partial charge on any atom is 0.265 e. The number of carbonyl (C=O) groups excluding carboxylic acids is 1. The average molecular weight is 428 g/mol. The summed E-state index contributed by atoms with van der Waals surface area (Å²) in [4.78, 5) is 30.1. The minimum atomic E-state index is -0.662. The van der Waals surface area contributed by atoms with E-state index in [9.17, 15) is 9.59 Å².